The van der Waals surface area contributed by atoms with Crippen molar-refractivity contribution in [3.8, 4) is 0 Å². The molecule has 9 nitrogen and oxygen atoms in total. The summed E-state index contributed by atoms with van der Waals surface area (Å²) in [5.74, 6) is -1.96. The number of fused-ring (bicyclic) bond motifs is 1. The van der Waals surface area contributed by atoms with Gasteiger partial charge in [0.25, 0.3) is 17.7 Å². The minimum Gasteiger partial charge on any atom is -0.452 e. The summed E-state index contributed by atoms with van der Waals surface area (Å²) >= 11 is 0. The van der Waals surface area contributed by atoms with Gasteiger partial charge in [0.15, 0.2) is 12.4 Å². The summed E-state index contributed by atoms with van der Waals surface area (Å²) in [4.78, 5) is 50.6. The van der Waals surface area contributed by atoms with E-state index in [2.05, 4.69) is 10.5 Å². The molecule has 1 aromatic heterocycles. The minimum absolute atomic E-state index is 0.0446. The second kappa shape index (κ2) is 8.46. The van der Waals surface area contributed by atoms with E-state index in [1.165, 1.54) is 24.3 Å². The molecule has 0 radical (unpaired) electrons. The van der Waals surface area contributed by atoms with E-state index in [9.17, 15) is 19.2 Å². The summed E-state index contributed by atoms with van der Waals surface area (Å²) in [6.07, 6.45) is 0.886. The Kier molecular flexibility index (Phi) is 5.55. The van der Waals surface area contributed by atoms with Crippen LogP contribution >= 0.6 is 0 Å². The van der Waals surface area contributed by atoms with E-state index in [0.717, 1.165) is 16.9 Å². The van der Waals surface area contributed by atoms with Crippen LogP contribution in [0.1, 0.15) is 49.3 Å². The molecule has 0 bridgehead atoms. The third kappa shape index (κ3) is 4.00. The lowest BCUT2D eigenvalue weighted by atomic mass is 10.1. The lowest BCUT2D eigenvalue weighted by Gasteiger charge is -2.08. The number of rotatable bonds is 6. The third-order valence-corrected chi connectivity index (χ3v) is 4.95. The monoisotopic (exact) mass is 433 g/mol. The number of hydrogen-bond donors (Lipinski definition) is 1. The van der Waals surface area contributed by atoms with Crippen molar-refractivity contribution < 1.29 is 28.4 Å². The van der Waals surface area contributed by atoms with E-state index in [1.807, 2.05) is 19.1 Å². The first-order valence-electron chi connectivity index (χ1n) is 9.89. The molecular formula is C23H19N3O6. The number of aromatic nitrogens is 1. The number of aryl methyl sites for hydroxylation is 2. The highest BCUT2D eigenvalue weighted by Gasteiger charge is 2.38. The molecule has 0 fully saturated rings. The zero-order valence-electron chi connectivity index (χ0n) is 17.4. The number of amides is 3. The molecule has 32 heavy (non-hydrogen) atoms. The van der Waals surface area contributed by atoms with Gasteiger partial charge in [0.05, 0.1) is 16.7 Å². The summed E-state index contributed by atoms with van der Waals surface area (Å²) < 4.78 is 9.99. The normalized spacial score (nSPS) is 12.6. The van der Waals surface area contributed by atoms with Gasteiger partial charge in [-0.1, -0.05) is 24.2 Å². The van der Waals surface area contributed by atoms with E-state index >= 15 is 0 Å². The summed E-state index contributed by atoms with van der Waals surface area (Å²) in [7, 11) is 0. The first-order chi connectivity index (χ1) is 15.4. The largest absolute Gasteiger partial charge is 0.452 e. The Morgan fingerprint density at radius 1 is 1.03 bits per heavy atom. The highest BCUT2D eigenvalue weighted by molar-refractivity contribution is 6.34. The number of carbonyl (C=O) groups is 4. The molecule has 4 rings (SSSR count). The number of carbonyl (C=O) groups excluding carboxylic acids is 4. The average molecular weight is 433 g/mol. The van der Waals surface area contributed by atoms with Gasteiger partial charge in [-0.05, 0) is 49.2 Å². The molecule has 0 unspecified atom stereocenters. The molecule has 3 aromatic rings. The molecule has 0 atom stereocenters. The lowest BCUT2D eigenvalue weighted by molar-refractivity contribution is -0.119. The molecule has 1 aliphatic rings. The molecule has 162 valence electrons. The van der Waals surface area contributed by atoms with Crippen molar-refractivity contribution in [3.05, 3.63) is 76.5 Å². The lowest BCUT2D eigenvalue weighted by Crippen LogP contribution is -2.29. The highest BCUT2D eigenvalue weighted by atomic mass is 16.5. The third-order valence-electron chi connectivity index (χ3n) is 4.95. The van der Waals surface area contributed by atoms with E-state index in [4.69, 9.17) is 9.26 Å². The number of benzene rings is 2. The van der Waals surface area contributed by atoms with Gasteiger partial charge < -0.3 is 14.6 Å². The van der Waals surface area contributed by atoms with Gasteiger partial charge in [-0.3, -0.25) is 14.4 Å². The van der Waals surface area contributed by atoms with Crippen LogP contribution in [0.25, 0.3) is 0 Å². The van der Waals surface area contributed by atoms with Crippen LogP contribution in [0, 0.1) is 6.92 Å². The van der Waals surface area contributed by atoms with Gasteiger partial charge in [-0.2, -0.15) is 0 Å². The van der Waals surface area contributed by atoms with Crippen molar-refractivity contribution in [1.29, 1.82) is 0 Å². The van der Waals surface area contributed by atoms with Gasteiger partial charge in [0.1, 0.15) is 5.76 Å². The predicted molar refractivity (Wildman–Crippen MR) is 114 cm³/mol. The number of hydrogen-bond acceptors (Lipinski definition) is 7. The van der Waals surface area contributed by atoms with Crippen LogP contribution in [0.5, 0.6) is 0 Å². The van der Waals surface area contributed by atoms with Crippen LogP contribution in [0.3, 0.4) is 0 Å². The van der Waals surface area contributed by atoms with Gasteiger partial charge in [0.2, 0.25) is 0 Å². The van der Waals surface area contributed by atoms with Crippen molar-refractivity contribution in [1.82, 2.24) is 5.16 Å². The smallest absolute Gasteiger partial charge is 0.338 e. The number of ether oxygens (including phenoxy) is 1. The minimum atomic E-state index is -0.791. The maximum atomic E-state index is 12.7. The zero-order valence-corrected chi connectivity index (χ0v) is 17.4. The van der Waals surface area contributed by atoms with Gasteiger partial charge in [-0.15, -0.1) is 0 Å². The van der Waals surface area contributed by atoms with Crippen LogP contribution in [-0.2, 0) is 16.0 Å². The highest BCUT2D eigenvalue weighted by Crippen LogP contribution is 2.29. The SMILES string of the molecule is CCc1ccc(NC(=O)COC(=O)c2ccc3c(c2)C(=O)N(c2cc(C)on2)C3=O)cc1. The Morgan fingerprint density at radius 3 is 2.41 bits per heavy atom. The van der Waals surface area contributed by atoms with Crippen LogP contribution in [0.2, 0.25) is 0 Å². The molecule has 9 heteroatoms. The molecule has 2 aromatic carbocycles. The Labute approximate surface area is 182 Å². The molecule has 3 amide bonds. The molecule has 0 saturated heterocycles. The topological polar surface area (TPSA) is 119 Å². The zero-order chi connectivity index (χ0) is 22.8. The van der Waals surface area contributed by atoms with Crippen molar-refractivity contribution >= 4 is 35.2 Å². The van der Waals surface area contributed by atoms with Crippen LogP contribution < -0.4 is 10.2 Å². The maximum absolute atomic E-state index is 12.7. The van der Waals surface area contributed by atoms with Crippen molar-refractivity contribution in [3.63, 3.8) is 0 Å². The fourth-order valence-corrected chi connectivity index (χ4v) is 3.27. The van der Waals surface area contributed by atoms with Crippen molar-refractivity contribution in [2.24, 2.45) is 0 Å². The molecule has 1 aliphatic heterocycles. The molecule has 2 heterocycles. The molecule has 0 saturated carbocycles. The van der Waals surface area contributed by atoms with Crippen molar-refractivity contribution in [2.45, 2.75) is 20.3 Å². The first-order valence-corrected chi connectivity index (χ1v) is 9.89. The average Bonchev–Trinajstić information content (AvgIpc) is 3.32. The Balaban J connectivity index is 1.41. The van der Waals surface area contributed by atoms with E-state index < -0.39 is 30.3 Å². The van der Waals surface area contributed by atoms with Crippen molar-refractivity contribution in [2.75, 3.05) is 16.8 Å². The quantitative estimate of drug-likeness (QED) is 0.468. The summed E-state index contributed by atoms with van der Waals surface area (Å²) in [5, 5.41) is 6.35. The van der Waals surface area contributed by atoms with Crippen LogP contribution in [-0.4, -0.2) is 35.5 Å². The van der Waals surface area contributed by atoms with Gasteiger partial charge in [0, 0.05) is 11.8 Å². The number of imide groups is 1. The standard InChI is InChI=1S/C23H19N3O6/c1-3-14-4-7-16(8-5-14)24-20(27)12-31-23(30)15-6-9-17-18(11-15)22(29)26(21(17)28)19-10-13(2)32-25-19/h4-11H,3,12H2,1-2H3,(H,24,27). The maximum Gasteiger partial charge on any atom is 0.338 e. The summed E-state index contributed by atoms with van der Waals surface area (Å²) in [6.45, 7) is 3.17. The number of nitrogens with zero attached hydrogens (tertiary/aromatic N) is 2. The predicted octanol–water partition coefficient (Wildman–Crippen LogP) is 3.14. The number of anilines is 2. The fraction of sp³-hybridized carbons (Fsp3) is 0.174. The van der Waals surface area contributed by atoms with Gasteiger partial charge >= 0.3 is 5.97 Å². The van der Waals surface area contributed by atoms with Crippen LogP contribution in [0.15, 0.2) is 53.1 Å². The van der Waals surface area contributed by atoms with E-state index in [0.29, 0.717) is 11.4 Å². The first kappa shape index (κ1) is 21.0. The fourth-order valence-electron chi connectivity index (χ4n) is 3.27. The molecule has 0 aliphatic carbocycles. The Hall–Kier alpha value is -4.27. The molecule has 1 N–H and O–H groups in total. The van der Waals surface area contributed by atoms with E-state index in [1.54, 1.807) is 19.1 Å². The summed E-state index contributed by atoms with van der Waals surface area (Å²) in [5.41, 5.74) is 1.96. The second-order valence-corrected chi connectivity index (χ2v) is 7.18. The Bertz CT molecular complexity index is 1230. The number of esters is 1. The van der Waals surface area contributed by atoms with Crippen LogP contribution in [0.4, 0.5) is 11.5 Å². The molecular weight excluding hydrogens is 414 g/mol. The van der Waals surface area contributed by atoms with Gasteiger partial charge in [-0.25, -0.2) is 9.69 Å². The molecule has 0 spiro atoms. The second-order valence-electron chi connectivity index (χ2n) is 7.18. The Morgan fingerprint density at radius 2 is 1.75 bits per heavy atom. The van der Waals surface area contributed by atoms with E-state index in [-0.39, 0.29) is 22.5 Å². The summed E-state index contributed by atoms with van der Waals surface area (Å²) in [6, 6.07) is 12.8. The number of nitrogens with one attached hydrogen (secondary N) is 1.